The zero-order valence-electron chi connectivity index (χ0n) is 13.2. The van der Waals surface area contributed by atoms with Gasteiger partial charge in [-0.1, -0.05) is 18.2 Å². The van der Waals surface area contributed by atoms with E-state index in [4.69, 9.17) is 0 Å². The van der Waals surface area contributed by atoms with Crippen LogP contribution in [0.4, 0.5) is 0 Å². The summed E-state index contributed by atoms with van der Waals surface area (Å²) >= 11 is 0. The van der Waals surface area contributed by atoms with E-state index in [1.165, 1.54) is 11.9 Å². The summed E-state index contributed by atoms with van der Waals surface area (Å²) in [4.78, 5) is 12.8. The van der Waals surface area contributed by atoms with Gasteiger partial charge in [0.05, 0.1) is 12.1 Å². The van der Waals surface area contributed by atoms with Crippen molar-refractivity contribution in [1.82, 2.24) is 30.4 Å². The maximum absolute atomic E-state index is 4.38. The van der Waals surface area contributed by atoms with Gasteiger partial charge in [0.15, 0.2) is 5.96 Å². The fourth-order valence-corrected chi connectivity index (χ4v) is 2.35. The summed E-state index contributed by atoms with van der Waals surface area (Å²) in [5.74, 6) is 1.57. The standard InChI is InChI=1S/C16H19N7/c1-17-16(20-10-15-21-11-22-23(15)2)19-9-12-7-8-18-14-6-4-3-5-13(12)14/h3-8,11H,9-10H2,1-2H3,(H2,17,19,20). The molecule has 0 spiro atoms. The van der Waals surface area contributed by atoms with Crippen molar-refractivity contribution >= 4 is 16.9 Å². The van der Waals surface area contributed by atoms with E-state index in [-0.39, 0.29) is 0 Å². The number of fused-ring (bicyclic) bond motifs is 1. The minimum absolute atomic E-state index is 0.563. The minimum Gasteiger partial charge on any atom is -0.352 e. The van der Waals surface area contributed by atoms with Crippen molar-refractivity contribution < 1.29 is 0 Å². The Morgan fingerprint density at radius 3 is 2.74 bits per heavy atom. The third kappa shape index (κ3) is 3.45. The van der Waals surface area contributed by atoms with E-state index in [2.05, 4.69) is 36.8 Å². The maximum atomic E-state index is 4.38. The zero-order chi connectivity index (χ0) is 16.1. The molecule has 1 aromatic carbocycles. The molecule has 118 valence electrons. The zero-order valence-corrected chi connectivity index (χ0v) is 13.2. The van der Waals surface area contributed by atoms with Gasteiger partial charge in [-0.3, -0.25) is 14.7 Å². The van der Waals surface area contributed by atoms with Crippen LogP contribution in [0, 0.1) is 0 Å². The van der Waals surface area contributed by atoms with Crippen LogP contribution in [0.3, 0.4) is 0 Å². The highest BCUT2D eigenvalue weighted by molar-refractivity contribution is 5.83. The molecular weight excluding hydrogens is 290 g/mol. The molecule has 0 saturated heterocycles. The second kappa shape index (κ2) is 6.87. The van der Waals surface area contributed by atoms with Crippen LogP contribution in [-0.4, -0.2) is 32.8 Å². The smallest absolute Gasteiger partial charge is 0.191 e. The van der Waals surface area contributed by atoms with Crippen molar-refractivity contribution in [2.24, 2.45) is 12.0 Å². The molecule has 3 aromatic rings. The average molecular weight is 309 g/mol. The number of benzene rings is 1. The van der Waals surface area contributed by atoms with Crippen LogP contribution in [0.25, 0.3) is 10.9 Å². The number of hydrogen-bond donors (Lipinski definition) is 2. The molecule has 3 rings (SSSR count). The summed E-state index contributed by atoms with van der Waals surface area (Å²) < 4.78 is 1.73. The number of hydrogen-bond acceptors (Lipinski definition) is 4. The molecule has 0 atom stereocenters. The molecule has 7 heteroatoms. The number of pyridine rings is 1. The summed E-state index contributed by atoms with van der Waals surface area (Å²) in [5, 5.41) is 11.7. The number of nitrogens with zero attached hydrogens (tertiary/aromatic N) is 5. The average Bonchev–Trinajstić information content (AvgIpc) is 3.00. The van der Waals surface area contributed by atoms with Crippen molar-refractivity contribution in [2.75, 3.05) is 7.05 Å². The SMILES string of the molecule is CN=C(NCc1ccnc2ccccc12)NCc1ncnn1C. The summed E-state index contributed by atoms with van der Waals surface area (Å²) in [6.45, 7) is 1.23. The lowest BCUT2D eigenvalue weighted by Gasteiger charge is -2.12. The summed E-state index contributed by atoms with van der Waals surface area (Å²) in [7, 11) is 3.61. The van der Waals surface area contributed by atoms with Crippen LogP contribution in [0.15, 0.2) is 47.8 Å². The Morgan fingerprint density at radius 1 is 1.13 bits per heavy atom. The Bertz CT molecular complexity index is 817. The van der Waals surface area contributed by atoms with Gasteiger partial charge >= 0.3 is 0 Å². The van der Waals surface area contributed by atoms with E-state index in [0.29, 0.717) is 19.0 Å². The monoisotopic (exact) mass is 309 g/mol. The van der Waals surface area contributed by atoms with Crippen LogP contribution >= 0.6 is 0 Å². The van der Waals surface area contributed by atoms with Crippen LogP contribution in [0.2, 0.25) is 0 Å². The van der Waals surface area contributed by atoms with E-state index < -0.39 is 0 Å². The Balaban J connectivity index is 1.65. The fraction of sp³-hybridized carbons (Fsp3) is 0.250. The maximum Gasteiger partial charge on any atom is 0.191 e. The van der Waals surface area contributed by atoms with Crippen molar-refractivity contribution in [3.05, 3.63) is 54.2 Å². The molecular formula is C16H19N7. The van der Waals surface area contributed by atoms with E-state index in [9.17, 15) is 0 Å². The predicted octanol–water partition coefficient (Wildman–Crippen LogP) is 1.23. The van der Waals surface area contributed by atoms with E-state index in [1.54, 1.807) is 11.7 Å². The number of aromatic nitrogens is 4. The predicted molar refractivity (Wildman–Crippen MR) is 89.8 cm³/mol. The first-order valence-corrected chi connectivity index (χ1v) is 7.38. The Labute approximate surface area is 134 Å². The minimum atomic E-state index is 0.563. The lowest BCUT2D eigenvalue weighted by Crippen LogP contribution is -2.37. The van der Waals surface area contributed by atoms with E-state index in [1.807, 2.05) is 37.5 Å². The molecule has 7 nitrogen and oxygen atoms in total. The Kier molecular flexibility index (Phi) is 4.46. The van der Waals surface area contributed by atoms with Gasteiger partial charge in [0.2, 0.25) is 0 Å². The first-order valence-electron chi connectivity index (χ1n) is 7.38. The first kappa shape index (κ1) is 15.0. The van der Waals surface area contributed by atoms with Gasteiger partial charge in [-0.2, -0.15) is 5.10 Å². The van der Waals surface area contributed by atoms with Gasteiger partial charge in [-0.25, -0.2) is 4.98 Å². The topological polar surface area (TPSA) is 80.0 Å². The summed E-state index contributed by atoms with van der Waals surface area (Å²) in [6, 6.07) is 10.1. The summed E-state index contributed by atoms with van der Waals surface area (Å²) in [6.07, 6.45) is 3.37. The molecule has 0 unspecified atom stereocenters. The van der Waals surface area contributed by atoms with Gasteiger partial charge in [-0.15, -0.1) is 0 Å². The van der Waals surface area contributed by atoms with Crippen molar-refractivity contribution in [1.29, 1.82) is 0 Å². The van der Waals surface area contributed by atoms with Gasteiger partial charge in [0.25, 0.3) is 0 Å². The highest BCUT2D eigenvalue weighted by Gasteiger charge is 2.05. The number of nitrogens with one attached hydrogen (secondary N) is 2. The fourth-order valence-electron chi connectivity index (χ4n) is 2.35. The van der Waals surface area contributed by atoms with Crippen LogP contribution in [0.5, 0.6) is 0 Å². The Morgan fingerprint density at radius 2 is 1.96 bits per heavy atom. The highest BCUT2D eigenvalue weighted by Crippen LogP contribution is 2.15. The Hall–Kier alpha value is -2.96. The van der Waals surface area contributed by atoms with Crippen molar-refractivity contribution in [3.8, 4) is 0 Å². The lowest BCUT2D eigenvalue weighted by atomic mass is 10.1. The van der Waals surface area contributed by atoms with Gasteiger partial charge in [-0.05, 0) is 17.7 Å². The molecule has 2 aromatic heterocycles. The summed E-state index contributed by atoms with van der Waals surface area (Å²) in [5.41, 5.74) is 2.17. The molecule has 23 heavy (non-hydrogen) atoms. The second-order valence-electron chi connectivity index (χ2n) is 5.07. The normalized spacial score (nSPS) is 11.7. The number of aliphatic imine (C=N–C) groups is 1. The number of guanidine groups is 1. The van der Waals surface area contributed by atoms with Crippen LogP contribution in [0.1, 0.15) is 11.4 Å². The second-order valence-corrected chi connectivity index (χ2v) is 5.07. The van der Waals surface area contributed by atoms with Gasteiger partial charge < -0.3 is 10.6 Å². The number of rotatable bonds is 4. The van der Waals surface area contributed by atoms with E-state index >= 15 is 0 Å². The van der Waals surface area contributed by atoms with Crippen molar-refractivity contribution in [2.45, 2.75) is 13.1 Å². The molecule has 0 aliphatic heterocycles. The third-order valence-electron chi connectivity index (χ3n) is 3.63. The third-order valence-corrected chi connectivity index (χ3v) is 3.63. The van der Waals surface area contributed by atoms with Gasteiger partial charge in [0, 0.05) is 32.2 Å². The molecule has 0 aliphatic carbocycles. The first-order chi connectivity index (χ1) is 11.3. The molecule has 0 aliphatic rings. The number of para-hydroxylation sites is 1. The highest BCUT2D eigenvalue weighted by atomic mass is 15.3. The lowest BCUT2D eigenvalue weighted by molar-refractivity contribution is 0.673. The molecule has 0 radical (unpaired) electrons. The van der Waals surface area contributed by atoms with E-state index in [0.717, 1.165) is 16.7 Å². The van der Waals surface area contributed by atoms with Crippen LogP contribution < -0.4 is 10.6 Å². The van der Waals surface area contributed by atoms with Gasteiger partial charge in [0.1, 0.15) is 12.2 Å². The molecule has 0 fully saturated rings. The molecule has 0 bridgehead atoms. The molecule has 2 N–H and O–H groups in total. The van der Waals surface area contributed by atoms with Crippen molar-refractivity contribution in [3.63, 3.8) is 0 Å². The molecule has 0 amide bonds. The molecule has 2 heterocycles. The quantitative estimate of drug-likeness (QED) is 0.560. The largest absolute Gasteiger partial charge is 0.352 e. The van der Waals surface area contributed by atoms with Crippen LogP contribution in [-0.2, 0) is 20.1 Å². The molecule has 0 saturated carbocycles. The number of aryl methyl sites for hydroxylation is 1.